The number of benzene rings is 2. The highest BCUT2D eigenvalue weighted by atomic mass is 35.5. The minimum absolute atomic E-state index is 0.0150. The number of nitrogens with zero attached hydrogens (tertiary/aromatic N) is 4. The van der Waals surface area contributed by atoms with Crippen LogP contribution in [0.5, 0.6) is 0 Å². The summed E-state index contributed by atoms with van der Waals surface area (Å²) in [6.45, 7) is -0.296. The minimum atomic E-state index is -0.473. The number of hydrogen-bond acceptors (Lipinski definition) is 4. The first-order valence-electron chi connectivity index (χ1n) is 9.31. The zero-order chi connectivity index (χ0) is 20.2. The maximum atomic E-state index is 9.61. The van der Waals surface area contributed by atoms with E-state index >= 15 is 0 Å². The van der Waals surface area contributed by atoms with Gasteiger partial charge in [0.2, 0.25) is 0 Å². The smallest absolute Gasteiger partial charge is 0.163 e. The second-order valence-corrected chi connectivity index (χ2v) is 5.29. The van der Waals surface area contributed by atoms with Gasteiger partial charge >= 0.3 is 0 Å². The fraction of sp³-hybridized carbons (Fsp3) is 0.118. The van der Waals surface area contributed by atoms with Gasteiger partial charge in [0.1, 0.15) is 13.2 Å². The molecule has 0 saturated heterocycles. The van der Waals surface area contributed by atoms with Crippen LogP contribution in [0.2, 0.25) is 5.02 Å². The Bertz CT molecular complexity index is 1130. The Morgan fingerprint density at radius 2 is 2.04 bits per heavy atom. The molecule has 1 aliphatic heterocycles. The predicted octanol–water partition coefficient (Wildman–Crippen LogP) is 2.76. The second kappa shape index (κ2) is 5.61. The van der Waals surface area contributed by atoms with Gasteiger partial charge in [-0.25, -0.2) is 0 Å². The Hall–Kier alpha value is -2.50. The number of hydrogen-bond donors (Lipinski definition) is 1. The van der Waals surface area contributed by atoms with Crippen molar-refractivity contribution in [3.05, 3.63) is 76.2 Å². The van der Waals surface area contributed by atoms with Crippen LogP contribution in [0.15, 0.2) is 53.4 Å². The predicted molar refractivity (Wildman–Crippen MR) is 88.1 cm³/mol. The SMILES string of the molecule is [2H]c1c([2H])c([2H])c(C2=NCc3nnc(CO)n3-c3ccc(Cl)cc32)c([2H])c1[2H]. The van der Waals surface area contributed by atoms with Gasteiger partial charge in [0, 0.05) is 16.1 Å². The van der Waals surface area contributed by atoms with E-state index in [9.17, 15) is 5.11 Å². The number of aliphatic hydroxyl groups excluding tert-OH is 1. The van der Waals surface area contributed by atoms with Crippen LogP contribution in [0.3, 0.4) is 0 Å². The van der Waals surface area contributed by atoms with Gasteiger partial charge < -0.3 is 5.11 Å². The Morgan fingerprint density at radius 1 is 1.22 bits per heavy atom. The summed E-state index contributed by atoms with van der Waals surface area (Å²) >= 11 is 6.18. The van der Waals surface area contributed by atoms with Crippen LogP contribution in [0, 0.1) is 0 Å². The first-order valence-corrected chi connectivity index (χ1v) is 7.19. The summed E-state index contributed by atoms with van der Waals surface area (Å²) in [5, 5.41) is 18.0. The normalized spacial score (nSPS) is 16.1. The highest BCUT2D eigenvalue weighted by Crippen LogP contribution is 2.28. The molecule has 0 spiro atoms. The Balaban J connectivity index is 2.07. The highest BCUT2D eigenvalue weighted by molar-refractivity contribution is 6.31. The van der Waals surface area contributed by atoms with Crippen molar-refractivity contribution in [2.45, 2.75) is 13.2 Å². The van der Waals surface area contributed by atoms with Gasteiger partial charge in [0.15, 0.2) is 11.6 Å². The van der Waals surface area contributed by atoms with Gasteiger partial charge in [0.25, 0.3) is 0 Å². The first kappa shape index (κ1) is 9.60. The third-order valence-corrected chi connectivity index (χ3v) is 3.74. The van der Waals surface area contributed by atoms with E-state index in [1.54, 1.807) is 22.8 Å². The molecule has 1 aliphatic rings. The lowest BCUT2D eigenvalue weighted by Crippen LogP contribution is -2.09. The number of aromatic nitrogens is 3. The van der Waals surface area contributed by atoms with E-state index in [0.717, 1.165) is 0 Å². The van der Waals surface area contributed by atoms with Crippen molar-refractivity contribution < 1.29 is 12.0 Å². The highest BCUT2D eigenvalue weighted by Gasteiger charge is 2.22. The van der Waals surface area contributed by atoms with E-state index in [1.165, 1.54) is 0 Å². The van der Waals surface area contributed by atoms with Crippen LogP contribution in [-0.2, 0) is 13.2 Å². The molecule has 1 N–H and O–H groups in total. The Kier molecular flexibility index (Phi) is 2.34. The maximum Gasteiger partial charge on any atom is 0.163 e. The van der Waals surface area contributed by atoms with E-state index in [2.05, 4.69) is 15.2 Å². The average molecular weight is 330 g/mol. The fourth-order valence-electron chi connectivity index (χ4n) is 2.55. The summed E-state index contributed by atoms with van der Waals surface area (Å²) in [6.07, 6.45) is 0. The summed E-state index contributed by atoms with van der Waals surface area (Å²) in [5.74, 6) is 0.756. The van der Waals surface area contributed by atoms with E-state index in [4.69, 9.17) is 18.5 Å². The summed E-state index contributed by atoms with van der Waals surface area (Å²) in [4.78, 5) is 4.48. The molecule has 3 aromatic rings. The summed E-state index contributed by atoms with van der Waals surface area (Å²) in [7, 11) is 0. The van der Waals surface area contributed by atoms with Gasteiger partial charge in [-0.3, -0.25) is 9.56 Å². The molecule has 4 rings (SSSR count). The molecule has 0 radical (unpaired) electrons. The molecular formula is C17H13ClN4O. The lowest BCUT2D eigenvalue weighted by molar-refractivity contribution is 0.268. The van der Waals surface area contributed by atoms with Gasteiger partial charge in [-0.15, -0.1) is 10.2 Å². The zero-order valence-electron chi connectivity index (χ0n) is 16.8. The molecule has 0 atom stereocenters. The molecule has 0 bridgehead atoms. The van der Waals surface area contributed by atoms with Crippen LogP contribution in [0.25, 0.3) is 5.69 Å². The first-order chi connectivity index (χ1) is 13.3. The maximum absolute atomic E-state index is 9.61. The van der Waals surface area contributed by atoms with Crippen molar-refractivity contribution in [2.24, 2.45) is 4.99 Å². The van der Waals surface area contributed by atoms with E-state index in [1.807, 2.05) is 0 Å². The van der Waals surface area contributed by atoms with Gasteiger partial charge in [-0.2, -0.15) is 0 Å². The van der Waals surface area contributed by atoms with Crippen LogP contribution >= 0.6 is 11.6 Å². The van der Waals surface area contributed by atoms with Crippen LogP contribution in [0.4, 0.5) is 0 Å². The lowest BCUT2D eigenvalue weighted by atomic mass is 10.0. The largest absolute Gasteiger partial charge is 0.388 e. The number of rotatable bonds is 2. The van der Waals surface area contributed by atoms with Crippen molar-refractivity contribution in [3.63, 3.8) is 0 Å². The summed E-state index contributed by atoms with van der Waals surface area (Å²) < 4.78 is 41.9. The molecule has 5 nitrogen and oxygen atoms in total. The molecule has 2 aromatic carbocycles. The van der Waals surface area contributed by atoms with Crippen molar-refractivity contribution in [1.29, 1.82) is 0 Å². The van der Waals surface area contributed by atoms with Gasteiger partial charge in [-0.1, -0.05) is 41.8 Å². The molecule has 2 heterocycles. The van der Waals surface area contributed by atoms with E-state index in [-0.39, 0.29) is 36.5 Å². The summed E-state index contributed by atoms with van der Waals surface area (Å²) in [6, 6.07) is 2.89. The molecule has 114 valence electrons. The molecule has 0 fully saturated rings. The summed E-state index contributed by atoms with van der Waals surface area (Å²) in [5.41, 5.74) is 1.21. The molecule has 0 amide bonds. The van der Waals surface area contributed by atoms with E-state index < -0.39 is 18.1 Å². The second-order valence-electron chi connectivity index (χ2n) is 4.85. The molecule has 0 saturated carbocycles. The van der Waals surface area contributed by atoms with Crippen molar-refractivity contribution in [3.8, 4) is 5.69 Å². The number of aliphatic hydroxyl groups is 1. The zero-order valence-corrected chi connectivity index (χ0v) is 12.5. The minimum Gasteiger partial charge on any atom is -0.388 e. The van der Waals surface area contributed by atoms with Crippen LogP contribution in [0.1, 0.15) is 29.6 Å². The van der Waals surface area contributed by atoms with Crippen molar-refractivity contribution in [2.75, 3.05) is 0 Å². The van der Waals surface area contributed by atoms with Crippen molar-refractivity contribution in [1.82, 2.24) is 14.8 Å². The third-order valence-electron chi connectivity index (χ3n) is 3.51. The van der Waals surface area contributed by atoms with Crippen molar-refractivity contribution >= 4 is 17.3 Å². The molecule has 1 aromatic heterocycles. The number of aliphatic imine (C=N–C) groups is 1. The third kappa shape index (κ3) is 2.34. The Labute approximate surface area is 144 Å². The molecule has 23 heavy (non-hydrogen) atoms. The lowest BCUT2D eigenvalue weighted by Gasteiger charge is -2.13. The van der Waals surface area contributed by atoms with Crippen LogP contribution < -0.4 is 0 Å². The van der Waals surface area contributed by atoms with Crippen LogP contribution in [-0.4, -0.2) is 25.6 Å². The number of halogens is 1. The number of fused-ring (bicyclic) bond motifs is 3. The molecular weight excluding hydrogens is 312 g/mol. The quantitative estimate of drug-likeness (QED) is 0.786. The average Bonchev–Trinajstić information content (AvgIpc) is 3.03. The molecule has 0 unspecified atom stereocenters. The molecule has 6 heteroatoms. The Morgan fingerprint density at radius 3 is 2.83 bits per heavy atom. The van der Waals surface area contributed by atoms with Gasteiger partial charge in [-0.05, 0) is 18.2 Å². The van der Waals surface area contributed by atoms with Gasteiger partial charge in [0.05, 0.1) is 18.3 Å². The van der Waals surface area contributed by atoms with E-state index in [0.29, 0.717) is 27.9 Å². The molecule has 0 aliphatic carbocycles. The monoisotopic (exact) mass is 329 g/mol. The fourth-order valence-corrected chi connectivity index (χ4v) is 2.72. The topological polar surface area (TPSA) is 63.3 Å². The standard InChI is InChI=1S/C17H13ClN4O/c18-12-6-7-14-13(8-12)17(11-4-2-1-3-5-11)19-9-15-20-21-16(10-23)22(14)15/h1-8,23H,9-10H2/i1D,2D,3D,4D,5D.